The largest absolute Gasteiger partial charge is 0.340 e. The van der Waals surface area contributed by atoms with Gasteiger partial charge in [0.15, 0.2) is 5.65 Å². The molecule has 1 aromatic carbocycles. The lowest BCUT2D eigenvalue weighted by Gasteiger charge is -2.34. The van der Waals surface area contributed by atoms with Crippen LogP contribution in [0, 0.1) is 0 Å². The molecule has 1 atom stereocenters. The molecule has 11 heteroatoms. The number of piperazine rings is 1. The molecular formula is C23H30N6O4S. The van der Waals surface area contributed by atoms with Crippen LogP contribution in [-0.2, 0) is 28.4 Å². The van der Waals surface area contributed by atoms with Crippen LogP contribution in [0.5, 0.6) is 0 Å². The predicted octanol–water partition coefficient (Wildman–Crippen LogP) is 1.57. The normalized spacial score (nSPS) is 16.1. The van der Waals surface area contributed by atoms with Gasteiger partial charge in [0.05, 0.1) is 17.4 Å². The highest BCUT2D eigenvalue weighted by atomic mass is 32.2. The van der Waals surface area contributed by atoms with E-state index >= 15 is 0 Å². The number of amides is 1. The standard InChI is InChI=1S/C23H30N6O4S/c1-4-17(2)18-5-7-19(8-6-18)34(32,33)29-13-11-27(12-14-29)21(30)9-10-28-16-24-22-20(23(28)31)15-25-26(22)3/h5-8,15-17H,4,9-14H2,1-3H3. The van der Waals surface area contributed by atoms with E-state index in [9.17, 15) is 18.0 Å². The molecule has 10 nitrogen and oxygen atoms in total. The van der Waals surface area contributed by atoms with Crippen molar-refractivity contribution in [3.05, 3.63) is 52.7 Å². The zero-order valence-corrected chi connectivity index (χ0v) is 20.5. The minimum absolute atomic E-state index is 0.117. The van der Waals surface area contributed by atoms with E-state index in [0.717, 1.165) is 12.0 Å². The Morgan fingerprint density at radius 2 is 1.79 bits per heavy atom. The second-order valence-electron chi connectivity index (χ2n) is 8.66. The zero-order chi connectivity index (χ0) is 24.5. The second kappa shape index (κ2) is 9.67. The Bertz CT molecular complexity index is 1340. The fourth-order valence-corrected chi connectivity index (χ4v) is 5.55. The topological polar surface area (TPSA) is 110 Å². The lowest BCUT2D eigenvalue weighted by atomic mass is 9.99. The van der Waals surface area contributed by atoms with E-state index in [0.29, 0.717) is 30.0 Å². The highest BCUT2D eigenvalue weighted by molar-refractivity contribution is 7.89. The number of fused-ring (bicyclic) bond motifs is 1. The first-order valence-electron chi connectivity index (χ1n) is 11.5. The van der Waals surface area contributed by atoms with Crippen LogP contribution < -0.4 is 5.56 Å². The third kappa shape index (κ3) is 4.62. The molecule has 0 aliphatic carbocycles. The van der Waals surface area contributed by atoms with Crippen LogP contribution in [0.15, 0.2) is 46.5 Å². The summed E-state index contributed by atoms with van der Waals surface area (Å²) in [5.41, 5.74) is 1.38. The minimum atomic E-state index is -3.61. The van der Waals surface area contributed by atoms with Crippen molar-refractivity contribution in [1.82, 2.24) is 28.5 Å². The Morgan fingerprint density at radius 1 is 1.12 bits per heavy atom. The molecule has 3 aromatic rings. The first-order valence-corrected chi connectivity index (χ1v) is 12.9. The van der Waals surface area contributed by atoms with E-state index in [4.69, 9.17) is 0 Å². The molecule has 182 valence electrons. The average molecular weight is 487 g/mol. The molecule has 1 saturated heterocycles. The van der Waals surface area contributed by atoms with Crippen LogP contribution in [0.25, 0.3) is 11.0 Å². The number of aryl methyl sites for hydroxylation is 2. The van der Waals surface area contributed by atoms with E-state index in [2.05, 4.69) is 23.9 Å². The highest BCUT2D eigenvalue weighted by Gasteiger charge is 2.30. The Balaban J connectivity index is 1.34. The summed E-state index contributed by atoms with van der Waals surface area (Å²) in [6.07, 6.45) is 4.03. The molecule has 1 aliphatic rings. The van der Waals surface area contributed by atoms with Gasteiger partial charge in [0.25, 0.3) is 5.56 Å². The lowest BCUT2D eigenvalue weighted by molar-refractivity contribution is -0.132. The smallest absolute Gasteiger partial charge is 0.264 e. The summed E-state index contributed by atoms with van der Waals surface area (Å²) in [6.45, 7) is 5.54. The Hall–Kier alpha value is -3.05. The van der Waals surface area contributed by atoms with Gasteiger partial charge >= 0.3 is 0 Å². The number of carbonyl (C=O) groups is 1. The number of aromatic nitrogens is 4. The van der Waals surface area contributed by atoms with Crippen LogP contribution >= 0.6 is 0 Å². The Labute approximate surface area is 198 Å². The van der Waals surface area contributed by atoms with E-state index in [1.165, 1.54) is 26.1 Å². The van der Waals surface area contributed by atoms with Gasteiger partial charge in [-0.05, 0) is 30.0 Å². The lowest BCUT2D eigenvalue weighted by Crippen LogP contribution is -2.50. The van der Waals surface area contributed by atoms with E-state index in [-0.39, 0.29) is 42.4 Å². The molecule has 1 amide bonds. The summed E-state index contributed by atoms with van der Waals surface area (Å²) in [6, 6.07) is 7.08. The van der Waals surface area contributed by atoms with Crippen LogP contribution in [0.3, 0.4) is 0 Å². The van der Waals surface area contributed by atoms with Crippen molar-refractivity contribution in [2.75, 3.05) is 26.2 Å². The van der Waals surface area contributed by atoms with Crippen LogP contribution in [0.1, 0.15) is 38.2 Å². The highest BCUT2D eigenvalue weighted by Crippen LogP contribution is 2.23. The van der Waals surface area contributed by atoms with Gasteiger partial charge in [-0.3, -0.25) is 18.8 Å². The Morgan fingerprint density at radius 3 is 2.44 bits per heavy atom. The molecule has 0 N–H and O–H groups in total. The van der Waals surface area contributed by atoms with Gasteiger partial charge in [-0.25, -0.2) is 13.4 Å². The molecule has 0 radical (unpaired) electrons. The maximum atomic E-state index is 13.0. The van der Waals surface area contributed by atoms with Crippen molar-refractivity contribution < 1.29 is 13.2 Å². The summed E-state index contributed by atoms with van der Waals surface area (Å²) < 4.78 is 30.5. The maximum absolute atomic E-state index is 13.0. The number of benzene rings is 1. The monoisotopic (exact) mass is 486 g/mol. The summed E-state index contributed by atoms with van der Waals surface area (Å²) in [5.74, 6) is 0.261. The molecule has 4 rings (SSSR count). The van der Waals surface area contributed by atoms with Crippen molar-refractivity contribution in [2.45, 2.75) is 44.0 Å². The number of hydrogen-bond acceptors (Lipinski definition) is 6. The van der Waals surface area contributed by atoms with Crippen molar-refractivity contribution in [1.29, 1.82) is 0 Å². The summed E-state index contributed by atoms with van der Waals surface area (Å²) >= 11 is 0. The first kappa shape index (κ1) is 24.1. The third-order valence-corrected chi connectivity index (χ3v) is 8.49. The molecule has 1 fully saturated rings. The summed E-state index contributed by atoms with van der Waals surface area (Å²) in [4.78, 5) is 31.4. The summed E-state index contributed by atoms with van der Waals surface area (Å²) in [5, 5.41) is 4.45. The van der Waals surface area contributed by atoms with Gasteiger partial charge in [0.2, 0.25) is 15.9 Å². The molecule has 2 aromatic heterocycles. The van der Waals surface area contributed by atoms with Crippen molar-refractivity contribution in [2.24, 2.45) is 7.05 Å². The summed E-state index contributed by atoms with van der Waals surface area (Å²) in [7, 11) is -1.89. The van der Waals surface area contributed by atoms with Gasteiger partial charge in [-0.1, -0.05) is 26.0 Å². The molecule has 0 bridgehead atoms. The molecule has 3 heterocycles. The van der Waals surface area contributed by atoms with E-state index in [1.54, 1.807) is 24.1 Å². The quantitative estimate of drug-likeness (QED) is 0.501. The van der Waals surface area contributed by atoms with Gasteiger partial charge in [0.1, 0.15) is 5.39 Å². The number of carbonyl (C=O) groups excluding carboxylic acids is 1. The van der Waals surface area contributed by atoms with Crippen LogP contribution in [0.2, 0.25) is 0 Å². The second-order valence-corrected chi connectivity index (χ2v) is 10.6. The van der Waals surface area contributed by atoms with Crippen LogP contribution in [-0.4, -0.2) is 69.0 Å². The molecule has 0 spiro atoms. The van der Waals surface area contributed by atoms with Crippen molar-refractivity contribution in [3.63, 3.8) is 0 Å². The average Bonchev–Trinajstić information content (AvgIpc) is 3.24. The minimum Gasteiger partial charge on any atom is -0.340 e. The van der Waals surface area contributed by atoms with Gasteiger partial charge in [0, 0.05) is 46.2 Å². The fraction of sp³-hybridized carbons (Fsp3) is 0.478. The molecule has 34 heavy (non-hydrogen) atoms. The number of hydrogen-bond donors (Lipinski definition) is 0. The molecule has 1 aliphatic heterocycles. The maximum Gasteiger partial charge on any atom is 0.264 e. The fourth-order valence-electron chi connectivity index (χ4n) is 4.13. The predicted molar refractivity (Wildman–Crippen MR) is 128 cm³/mol. The number of nitrogens with zero attached hydrogens (tertiary/aromatic N) is 6. The third-order valence-electron chi connectivity index (χ3n) is 6.58. The van der Waals surface area contributed by atoms with Crippen molar-refractivity contribution in [3.8, 4) is 0 Å². The SMILES string of the molecule is CCC(C)c1ccc(S(=O)(=O)N2CCN(C(=O)CCn3cnc4c(cnn4C)c3=O)CC2)cc1. The van der Waals surface area contributed by atoms with Gasteiger partial charge in [-0.15, -0.1) is 0 Å². The number of sulfonamides is 1. The zero-order valence-electron chi connectivity index (χ0n) is 19.7. The first-order chi connectivity index (χ1) is 16.2. The molecule has 1 unspecified atom stereocenters. The molecule has 0 saturated carbocycles. The van der Waals surface area contributed by atoms with E-state index in [1.807, 2.05) is 12.1 Å². The van der Waals surface area contributed by atoms with Crippen molar-refractivity contribution >= 4 is 27.0 Å². The number of rotatable bonds is 7. The van der Waals surface area contributed by atoms with Crippen LogP contribution in [0.4, 0.5) is 0 Å². The molecular weight excluding hydrogens is 456 g/mol. The Kier molecular flexibility index (Phi) is 6.85. The van der Waals surface area contributed by atoms with E-state index < -0.39 is 10.0 Å². The van der Waals surface area contributed by atoms with Gasteiger partial charge < -0.3 is 4.90 Å². The van der Waals surface area contributed by atoms with Gasteiger partial charge in [-0.2, -0.15) is 9.40 Å².